The van der Waals surface area contributed by atoms with Gasteiger partial charge in [-0.2, -0.15) is 0 Å². The average Bonchev–Trinajstić information content (AvgIpc) is 3.18. The van der Waals surface area contributed by atoms with Gasteiger partial charge < -0.3 is 23.8 Å². The summed E-state index contributed by atoms with van der Waals surface area (Å²) in [5.74, 6) is -0.238. The lowest BCUT2D eigenvalue weighted by molar-refractivity contribution is -0.149. The molecule has 0 N–H and O–H groups in total. The van der Waals surface area contributed by atoms with Crippen LogP contribution in [-0.2, 0) is 28.5 Å². The van der Waals surface area contributed by atoms with E-state index in [1.807, 2.05) is 0 Å². The van der Waals surface area contributed by atoms with Crippen molar-refractivity contribution in [2.75, 3.05) is 59.1 Å². The number of unbranched alkanes of at least 4 members (excludes halogenated alkanes) is 16. The largest absolute Gasteiger partial charge is 0.508 e. The summed E-state index contributed by atoms with van der Waals surface area (Å²) in [6.45, 7) is 19.0. The first-order chi connectivity index (χ1) is 26.8. The molecule has 0 saturated carbocycles. The summed E-state index contributed by atoms with van der Waals surface area (Å²) in [5, 5.41) is 0. The van der Waals surface area contributed by atoms with E-state index >= 15 is 0 Å². The lowest BCUT2D eigenvalue weighted by Crippen LogP contribution is -2.39. The zero-order chi connectivity index (χ0) is 40.6. The second kappa shape index (κ2) is 40.3. The van der Waals surface area contributed by atoms with Gasteiger partial charge in [-0.1, -0.05) is 157 Å². The summed E-state index contributed by atoms with van der Waals surface area (Å²) >= 11 is 0. The van der Waals surface area contributed by atoms with Crippen molar-refractivity contribution in [3.05, 3.63) is 0 Å². The molecule has 0 aromatic rings. The molecule has 55 heavy (non-hydrogen) atoms. The highest BCUT2D eigenvalue weighted by Gasteiger charge is 2.21. The molecular weight excluding hydrogens is 693 g/mol. The fourth-order valence-corrected chi connectivity index (χ4v) is 7.02. The number of nitrogens with zero attached hydrogens (tertiary/aromatic N) is 2. The quantitative estimate of drug-likeness (QED) is 0.0341. The third-order valence-corrected chi connectivity index (χ3v) is 10.9. The summed E-state index contributed by atoms with van der Waals surface area (Å²) in [5.41, 5.74) is 0. The summed E-state index contributed by atoms with van der Waals surface area (Å²) in [6.07, 6.45) is 26.5. The number of ether oxygens (including phenoxy) is 4. The third-order valence-electron chi connectivity index (χ3n) is 10.9. The molecule has 9 nitrogen and oxygen atoms in total. The minimum Gasteiger partial charge on any atom is -0.466 e. The number of hydrogen-bond acceptors (Lipinski definition) is 9. The minimum absolute atomic E-state index is 0.0175. The predicted molar refractivity (Wildman–Crippen MR) is 229 cm³/mol. The first-order valence-corrected chi connectivity index (χ1v) is 23.4. The van der Waals surface area contributed by atoms with Gasteiger partial charge in [0, 0.05) is 32.6 Å². The molecule has 0 fully saturated rings. The Bertz CT molecular complexity index is 855. The molecule has 0 saturated heterocycles. The van der Waals surface area contributed by atoms with Gasteiger partial charge >= 0.3 is 18.1 Å². The van der Waals surface area contributed by atoms with E-state index in [1.165, 1.54) is 77.0 Å². The van der Waals surface area contributed by atoms with E-state index in [1.54, 1.807) is 0 Å². The van der Waals surface area contributed by atoms with Crippen molar-refractivity contribution in [1.82, 2.24) is 9.80 Å². The molecule has 0 aliphatic rings. The second-order valence-corrected chi connectivity index (χ2v) is 15.7. The van der Waals surface area contributed by atoms with Gasteiger partial charge in [0.25, 0.3) is 0 Å². The molecule has 0 radical (unpaired) electrons. The van der Waals surface area contributed by atoms with Crippen LogP contribution < -0.4 is 0 Å². The standard InChI is InChI=1S/C46H90N2O7/c1-7-13-17-21-24-28-39-52-44(49)34-29-33-43(32-27-20-16-10-4)55-46(51)54-41-38-48(36-35-47(11-5)12-6)37-40-53-45(50)42(30-25-22-18-14-8-2)31-26-23-19-15-9-3/h42-43H,7-41H2,1-6H3. The molecule has 0 aromatic carbocycles. The van der Waals surface area contributed by atoms with E-state index < -0.39 is 6.16 Å². The van der Waals surface area contributed by atoms with Crippen LogP contribution in [0.3, 0.4) is 0 Å². The van der Waals surface area contributed by atoms with E-state index in [4.69, 9.17) is 18.9 Å². The molecule has 326 valence electrons. The Balaban J connectivity index is 5.01. The minimum atomic E-state index is -0.651. The number of hydrogen-bond donors (Lipinski definition) is 0. The molecule has 0 amide bonds. The highest BCUT2D eigenvalue weighted by Crippen LogP contribution is 2.21. The molecule has 9 heteroatoms. The molecule has 1 unspecified atom stereocenters. The maximum Gasteiger partial charge on any atom is 0.508 e. The van der Waals surface area contributed by atoms with Crippen molar-refractivity contribution < 1.29 is 33.3 Å². The topological polar surface area (TPSA) is 94.6 Å². The van der Waals surface area contributed by atoms with Crippen LogP contribution in [0.15, 0.2) is 0 Å². The van der Waals surface area contributed by atoms with E-state index in [2.05, 4.69) is 51.3 Å². The van der Waals surface area contributed by atoms with Crippen molar-refractivity contribution in [2.45, 2.75) is 215 Å². The predicted octanol–water partition coefficient (Wildman–Crippen LogP) is 12.1. The van der Waals surface area contributed by atoms with Gasteiger partial charge in [-0.15, -0.1) is 0 Å². The van der Waals surface area contributed by atoms with Crippen LogP contribution >= 0.6 is 0 Å². The summed E-state index contributed by atoms with van der Waals surface area (Å²) in [4.78, 5) is 43.1. The Morgan fingerprint density at radius 3 is 1.45 bits per heavy atom. The van der Waals surface area contributed by atoms with Crippen molar-refractivity contribution >= 4 is 18.1 Å². The molecule has 0 aromatic heterocycles. The van der Waals surface area contributed by atoms with Crippen LogP contribution in [0.4, 0.5) is 4.79 Å². The van der Waals surface area contributed by atoms with Crippen LogP contribution in [0, 0.1) is 5.92 Å². The number of carbonyl (C=O) groups excluding carboxylic acids is 3. The second-order valence-electron chi connectivity index (χ2n) is 15.7. The fraction of sp³-hybridized carbons (Fsp3) is 0.935. The van der Waals surface area contributed by atoms with Gasteiger partial charge in [0.05, 0.1) is 12.5 Å². The average molecular weight is 783 g/mol. The van der Waals surface area contributed by atoms with Gasteiger partial charge in [-0.3, -0.25) is 14.5 Å². The van der Waals surface area contributed by atoms with E-state index in [9.17, 15) is 14.4 Å². The zero-order valence-corrected chi connectivity index (χ0v) is 37.2. The van der Waals surface area contributed by atoms with Crippen molar-refractivity contribution in [3.63, 3.8) is 0 Å². The van der Waals surface area contributed by atoms with Crippen molar-refractivity contribution in [2.24, 2.45) is 5.92 Å². The first-order valence-electron chi connectivity index (χ1n) is 23.4. The number of carbonyl (C=O) groups is 3. The summed E-state index contributed by atoms with van der Waals surface area (Å²) < 4.78 is 22.8. The molecule has 0 aliphatic heterocycles. The molecule has 0 aliphatic carbocycles. The summed E-state index contributed by atoms with van der Waals surface area (Å²) in [7, 11) is 0. The van der Waals surface area contributed by atoms with Crippen LogP contribution in [-0.4, -0.2) is 93.1 Å². The maximum absolute atomic E-state index is 13.3. The Morgan fingerprint density at radius 1 is 0.436 bits per heavy atom. The molecule has 1 atom stereocenters. The third kappa shape index (κ3) is 33.9. The highest BCUT2D eigenvalue weighted by molar-refractivity contribution is 5.72. The molecule has 0 spiro atoms. The van der Waals surface area contributed by atoms with Crippen LogP contribution in [0.1, 0.15) is 208 Å². The lowest BCUT2D eigenvalue weighted by Gasteiger charge is -2.26. The van der Waals surface area contributed by atoms with Crippen LogP contribution in [0.5, 0.6) is 0 Å². The monoisotopic (exact) mass is 783 g/mol. The molecule has 0 heterocycles. The van der Waals surface area contributed by atoms with Crippen LogP contribution in [0.25, 0.3) is 0 Å². The Labute approximate surface area is 340 Å². The highest BCUT2D eigenvalue weighted by atomic mass is 16.7. The number of rotatable bonds is 41. The van der Waals surface area contributed by atoms with Gasteiger partial charge in [-0.05, 0) is 58.0 Å². The Kier molecular flexibility index (Phi) is 39.0. The van der Waals surface area contributed by atoms with Gasteiger partial charge in [0.1, 0.15) is 19.3 Å². The lowest BCUT2D eigenvalue weighted by atomic mass is 9.94. The van der Waals surface area contributed by atoms with Crippen LogP contribution in [0.2, 0.25) is 0 Å². The SMILES string of the molecule is CCCCCCCCOC(=O)CCCC(CCCCCC)OC(=O)OCCN(CCOC(=O)C(CCCCCCC)CCCCCCC)CCN(CC)CC. The summed E-state index contributed by atoms with van der Waals surface area (Å²) in [6, 6.07) is 0. The van der Waals surface area contributed by atoms with Gasteiger partial charge in [0.15, 0.2) is 0 Å². The van der Waals surface area contributed by atoms with Crippen molar-refractivity contribution in [1.29, 1.82) is 0 Å². The van der Waals surface area contributed by atoms with Gasteiger partial charge in [-0.25, -0.2) is 4.79 Å². The number of esters is 2. The van der Waals surface area contributed by atoms with Crippen molar-refractivity contribution in [3.8, 4) is 0 Å². The van der Waals surface area contributed by atoms with E-state index in [0.29, 0.717) is 45.6 Å². The molecule has 0 bridgehead atoms. The molecular formula is C46H90N2O7. The fourth-order valence-electron chi connectivity index (χ4n) is 7.02. The first kappa shape index (κ1) is 53.1. The molecule has 0 rings (SSSR count). The normalized spacial score (nSPS) is 12.1. The zero-order valence-electron chi connectivity index (χ0n) is 37.2. The Morgan fingerprint density at radius 2 is 0.891 bits per heavy atom. The number of likely N-dealkylation sites (N-methyl/N-ethyl adjacent to an activating group) is 1. The van der Waals surface area contributed by atoms with E-state index in [-0.39, 0.29) is 30.6 Å². The Hall–Kier alpha value is -1.87. The van der Waals surface area contributed by atoms with E-state index in [0.717, 1.165) is 96.8 Å². The van der Waals surface area contributed by atoms with Gasteiger partial charge in [0.2, 0.25) is 0 Å². The smallest absolute Gasteiger partial charge is 0.466 e. The maximum atomic E-state index is 13.3.